The van der Waals surface area contributed by atoms with E-state index in [0.29, 0.717) is 12.1 Å². The van der Waals surface area contributed by atoms with Gasteiger partial charge in [-0.15, -0.1) is 0 Å². The number of benzene rings is 1. The van der Waals surface area contributed by atoms with Gasteiger partial charge < -0.3 is 20.3 Å². The van der Waals surface area contributed by atoms with Gasteiger partial charge in [-0.05, 0) is 63.5 Å². The van der Waals surface area contributed by atoms with Crippen LogP contribution in [-0.2, 0) is 11.3 Å². The summed E-state index contributed by atoms with van der Waals surface area (Å²) in [6.07, 6.45) is 6.57. The fraction of sp³-hybridized carbons (Fsp3) is 0.619. The first-order chi connectivity index (χ1) is 13.2. The lowest BCUT2D eigenvalue weighted by molar-refractivity contribution is 0.0600. The molecule has 0 aromatic heterocycles. The molecule has 150 valence electrons. The smallest absolute Gasteiger partial charge is 0.337 e. The number of hydrogen-bond acceptors (Lipinski definition) is 4. The maximum absolute atomic E-state index is 11.5. The summed E-state index contributed by atoms with van der Waals surface area (Å²) < 4.78 is 4.72. The summed E-state index contributed by atoms with van der Waals surface area (Å²) in [5.41, 5.74) is 1.62. The van der Waals surface area contributed by atoms with E-state index >= 15 is 0 Å². The lowest BCUT2D eigenvalue weighted by atomic mass is 10.1. The average Bonchev–Trinajstić information content (AvgIpc) is 2.98. The van der Waals surface area contributed by atoms with E-state index in [2.05, 4.69) is 27.4 Å². The van der Waals surface area contributed by atoms with Gasteiger partial charge in [0, 0.05) is 13.1 Å². The maximum atomic E-state index is 11.5. The first-order valence-corrected chi connectivity index (χ1v) is 10.1. The van der Waals surface area contributed by atoms with Crippen molar-refractivity contribution in [2.45, 2.75) is 45.6 Å². The number of carbonyl (C=O) groups is 1. The van der Waals surface area contributed by atoms with Crippen molar-refractivity contribution < 1.29 is 9.53 Å². The van der Waals surface area contributed by atoms with Crippen LogP contribution in [0.2, 0.25) is 0 Å². The number of likely N-dealkylation sites (tertiary alicyclic amines) is 1. The predicted octanol–water partition coefficient (Wildman–Crippen LogP) is 2.79. The summed E-state index contributed by atoms with van der Waals surface area (Å²) in [4.78, 5) is 18.7. The molecule has 1 heterocycles. The highest BCUT2D eigenvalue weighted by Gasteiger charge is 2.08. The number of aliphatic imine (C=N–C) groups is 1. The van der Waals surface area contributed by atoms with Crippen LogP contribution in [0.4, 0.5) is 0 Å². The van der Waals surface area contributed by atoms with Crippen LogP contribution in [0.25, 0.3) is 0 Å². The Bertz CT molecular complexity index is 578. The average molecular weight is 375 g/mol. The second kappa shape index (κ2) is 12.3. The van der Waals surface area contributed by atoms with Crippen molar-refractivity contribution in [1.29, 1.82) is 0 Å². The first-order valence-electron chi connectivity index (χ1n) is 10.1. The van der Waals surface area contributed by atoms with Crippen LogP contribution in [-0.4, -0.2) is 56.7 Å². The molecule has 0 saturated carbocycles. The van der Waals surface area contributed by atoms with Gasteiger partial charge >= 0.3 is 5.97 Å². The van der Waals surface area contributed by atoms with Crippen molar-refractivity contribution in [2.24, 2.45) is 4.99 Å². The van der Waals surface area contributed by atoms with Crippen molar-refractivity contribution in [3.05, 3.63) is 35.4 Å². The number of methoxy groups -OCH3 is 1. The quantitative estimate of drug-likeness (QED) is 0.317. The number of carbonyl (C=O) groups excluding carboxylic acids is 1. The molecule has 0 unspecified atom stereocenters. The van der Waals surface area contributed by atoms with Crippen LogP contribution >= 0.6 is 0 Å². The van der Waals surface area contributed by atoms with Gasteiger partial charge in [0.1, 0.15) is 0 Å². The third kappa shape index (κ3) is 7.99. The third-order valence-electron chi connectivity index (χ3n) is 4.78. The Morgan fingerprint density at radius 1 is 1.11 bits per heavy atom. The van der Waals surface area contributed by atoms with E-state index in [1.807, 2.05) is 12.1 Å². The number of nitrogens with one attached hydrogen (secondary N) is 2. The first kappa shape index (κ1) is 21.2. The summed E-state index contributed by atoms with van der Waals surface area (Å²) in [7, 11) is 1.39. The number of guanidine groups is 1. The fourth-order valence-corrected chi connectivity index (χ4v) is 3.25. The van der Waals surface area contributed by atoms with E-state index < -0.39 is 0 Å². The molecule has 0 amide bonds. The largest absolute Gasteiger partial charge is 0.465 e. The van der Waals surface area contributed by atoms with E-state index in [9.17, 15) is 4.79 Å². The minimum Gasteiger partial charge on any atom is -0.465 e. The summed E-state index contributed by atoms with van der Waals surface area (Å²) in [6.45, 7) is 8.04. The van der Waals surface area contributed by atoms with Crippen LogP contribution in [0.3, 0.4) is 0 Å². The summed E-state index contributed by atoms with van der Waals surface area (Å²) >= 11 is 0. The Hall–Kier alpha value is -2.08. The Morgan fingerprint density at radius 2 is 1.81 bits per heavy atom. The van der Waals surface area contributed by atoms with Gasteiger partial charge in [0.15, 0.2) is 5.96 Å². The summed E-state index contributed by atoms with van der Waals surface area (Å²) in [5.74, 6) is 0.523. The maximum Gasteiger partial charge on any atom is 0.337 e. The molecule has 1 aromatic carbocycles. The Labute approximate surface area is 163 Å². The van der Waals surface area contributed by atoms with Crippen molar-refractivity contribution in [3.63, 3.8) is 0 Å². The van der Waals surface area contributed by atoms with Crippen molar-refractivity contribution in [2.75, 3.05) is 39.8 Å². The van der Waals surface area contributed by atoms with Gasteiger partial charge in [-0.1, -0.05) is 25.0 Å². The minimum absolute atomic E-state index is 0.315. The molecular formula is C21H34N4O2. The molecule has 2 N–H and O–H groups in total. The fourth-order valence-electron chi connectivity index (χ4n) is 3.25. The van der Waals surface area contributed by atoms with Gasteiger partial charge in [-0.25, -0.2) is 9.79 Å². The van der Waals surface area contributed by atoms with Crippen LogP contribution in [0.15, 0.2) is 29.3 Å². The molecule has 0 spiro atoms. The highest BCUT2D eigenvalue weighted by Crippen LogP contribution is 2.09. The molecule has 0 atom stereocenters. The molecule has 1 saturated heterocycles. The SMILES string of the molecule is CCNC(=NCc1ccc(C(=O)OC)cc1)NCCCN1CCCCCC1. The van der Waals surface area contributed by atoms with Gasteiger partial charge in [-0.2, -0.15) is 0 Å². The van der Waals surface area contributed by atoms with E-state index in [1.54, 1.807) is 12.1 Å². The standard InChI is InChI=1S/C21H34N4O2/c1-3-22-21(23-13-8-16-25-14-6-4-5-7-15-25)24-17-18-9-11-19(12-10-18)20(26)27-2/h9-12H,3-8,13-17H2,1-2H3,(H2,22,23,24). The van der Waals surface area contributed by atoms with Gasteiger partial charge in [0.05, 0.1) is 19.2 Å². The zero-order valence-corrected chi connectivity index (χ0v) is 16.8. The molecular weight excluding hydrogens is 340 g/mol. The molecule has 6 nitrogen and oxygen atoms in total. The third-order valence-corrected chi connectivity index (χ3v) is 4.78. The molecule has 27 heavy (non-hydrogen) atoms. The summed E-state index contributed by atoms with van der Waals surface area (Å²) in [6, 6.07) is 7.38. The van der Waals surface area contributed by atoms with E-state index in [-0.39, 0.29) is 5.97 Å². The number of hydrogen-bond donors (Lipinski definition) is 2. The molecule has 1 fully saturated rings. The van der Waals surface area contributed by atoms with Crippen LogP contribution < -0.4 is 10.6 Å². The van der Waals surface area contributed by atoms with E-state index in [1.165, 1.54) is 45.9 Å². The number of ether oxygens (including phenoxy) is 1. The predicted molar refractivity (Wildman–Crippen MR) is 110 cm³/mol. The van der Waals surface area contributed by atoms with Crippen LogP contribution in [0.1, 0.15) is 54.9 Å². The van der Waals surface area contributed by atoms with Gasteiger partial charge in [0.25, 0.3) is 0 Å². The lowest BCUT2D eigenvalue weighted by Gasteiger charge is -2.20. The number of nitrogens with zero attached hydrogens (tertiary/aromatic N) is 2. The molecule has 1 aliphatic rings. The van der Waals surface area contributed by atoms with Crippen LogP contribution in [0.5, 0.6) is 0 Å². The van der Waals surface area contributed by atoms with E-state index in [0.717, 1.165) is 37.6 Å². The number of esters is 1. The molecule has 2 rings (SSSR count). The Balaban J connectivity index is 1.76. The zero-order valence-electron chi connectivity index (χ0n) is 16.8. The topological polar surface area (TPSA) is 66.0 Å². The highest BCUT2D eigenvalue weighted by molar-refractivity contribution is 5.89. The molecule has 6 heteroatoms. The second-order valence-corrected chi connectivity index (χ2v) is 6.92. The molecule has 0 bridgehead atoms. The molecule has 0 aliphatic carbocycles. The summed E-state index contributed by atoms with van der Waals surface area (Å²) in [5, 5.41) is 6.71. The Kier molecular flexibility index (Phi) is 9.69. The van der Waals surface area contributed by atoms with Crippen LogP contribution in [0, 0.1) is 0 Å². The molecule has 1 aliphatic heterocycles. The van der Waals surface area contributed by atoms with Crippen molar-refractivity contribution >= 4 is 11.9 Å². The van der Waals surface area contributed by atoms with Gasteiger partial charge in [0.2, 0.25) is 0 Å². The molecule has 0 radical (unpaired) electrons. The number of rotatable bonds is 8. The molecule has 1 aromatic rings. The van der Waals surface area contributed by atoms with Crippen molar-refractivity contribution in [1.82, 2.24) is 15.5 Å². The second-order valence-electron chi connectivity index (χ2n) is 6.92. The zero-order chi connectivity index (χ0) is 19.3. The minimum atomic E-state index is -0.315. The normalized spacial score (nSPS) is 15.9. The van der Waals surface area contributed by atoms with E-state index in [4.69, 9.17) is 4.74 Å². The lowest BCUT2D eigenvalue weighted by Crippen LogP contribution is -2.39. The highest BCUT2D eigenvalue weighted by atomic mass is 16.5. The van der Waals surface area contributed by atoms with Gasteiger partial charge in [-0.3, -0.25) is 0 Å². The monoisotopic (exact) mass is 374 g/mol. The van der Waals surface area contributed by atoms with Crippen molar-refractivity contribution in [3.8, 4) is 0 Å². The Morgan fingerprint density at radius 3 is 2.44 bits per heavy atom.